The van der Waals surface area contributed by atoms with Crippen molar-refractivity contribution in [3.05, 3.63) is 83.6 Å². The van der Waals surface area contributed by atoms with Crippen LogP contribution in [0.2, 0.25) is 0 Å². The number of amides is 4. The lowest BCUT2D eigenvalue weighted by Crippen LogP contribution is -2.40. The molecule has 2 aromatic heterocycles. The van der Waals surface area contributed by atoms with E-state index in [0.29, 0.717) is 82.1 Å². The van der Waals surface area contributed by atoms with Crippen LogP contribution >= 0.6 is 0 Å². The fourth-order valence-electron chi connectivity index (χ4n) is 6.63. The Bertz CT molecular complexity index is 2230. The number of nitrogens with zero attached hydrogens (tertiary/aromatic N) is 4. The molecule has 1 aliphatic carbocycles. The molecule has 0 saturated heterocycles. The molecule has 0 saturated carbocycles. The number of aromatic nitrogens is 4. The van der Waals surface area contributed by atoms with E-state index in [-0.39, 0.29) is 49.1 Å². The number of benzene rings is 3. The Morgan fingerprint density at radius 1 is 0.727 bits per heavy atom. The summed E-state index contributed by atoms with van der Waals surface area (Å²) in [4.78, 5) is 67.0. The van der Waals surface area contributed by atoms with Crippen LogP contribution in [0.5, 0.6) is 0 Å². The van der Waals surface area contributed by atoms with Crippen LogP contribution in [-0.2, 0) is 38.1 Å². The van der Waals surface area contributed by atoms with Crippen molar-refractivity contribution in [1.29, 1.82) is 0 Å². The summed E-state index contributed by atoms with van der Waals surface area (Å²) < 4.78 is 41.6. The van der Waals surface area contributed by atoms with E-state index in [9.17, 15) is 19.2 Å². The zero-order chi connectivity index (χ0) is 39.3. The van der Waals surface area contributed by atoms with Gasteiger partial charge in [0, 0.05) is 29.8 Å². The van der Waals surface area contributed by atoms with E-state index >= 15 is 8.78 Å². The highest BCUT2D eigenvalue weighted by Gasteiger charge is 2.44. The fraction of sp³-hybridized carbons (Fsp3) is 0.333. The minimum Gasteiger partial charge on any atom is -0.453 e. The number of methoxy groups -OCH3 is 2. The average Bonchev–Trinajstić information content (AvgIpc) is 3.89. The number of carbonyl (C=O) groups is 4. The molecule has 1 aliphatic rings. The zero-order valence-electron chi connectivity index (χ0n) is 30.9. The van der Waals surface area contributed by atoms with Crippen molar-refractivity contribution in [3.8, 4) is 33.5 Å². The van der Waals surface area contributed by atoms with Crippen LogP contribution in [0.15, 0.2) is 60.8 Å². The van der Waals surface area contributed by atoms with Gasteiger partial charge in [0.25, 0.3) is 5.92 Å². The molecule has 0 spiro atoms. The molecule has 55 heavy (non-hydrogen) atoms. The minimum absolute atomic E-state index is 0.101. The standard InChI is InChI=1S/C39H42F2N8O6/c1-5-13-48(35(50)19-43-37(52)54-3)21-33-42-18-32(47-33)25-8-11-27-26-10-7-23(15-28(26)39(40,41)29(27)16-25)24-9-12-30-31(17-24)46-34(45-30)22-49(14-6-2)36(51)20-44-38(53)55-4/h7-12,15-18H,5-6,13-14,19-22H2,1-4H3,(H,42,47)(H,43,52)(H,44,53)(H,45,46). The van der Waals surface area contributed by atoms with Crippen molar-refractivity contribution in [2.45, 2.75) is 45.7 Å². The van der Waals surface area contributed by atoms with Gasteiger partial charge in [0.1, 0.15) is 24.7 Å². The fourth-order valence-corrected chi connectivity index (χ4v) is 6.63. The number of ether oxygens (including phenoxy) is 2. The SMILES string of the molecule is CCCN(Cc1ncc(-c2ccc3c(c2)C(F)(F)c2cc(-c4ccc5nc(CN(CCC)C(=O)CNC(=O)OC)[nH]c5c4)ccc2-3)[nH]1)C(=O)CNC(=O)OC. The lowest BCUT2D eigenvalue weighted by Gasteiger charge is -2.21. The van der Waals surface area contributed by atoms with Gasteiger partial charge in [0.15, 0.2) is 0 Å². The van der Waals surface area contributed by atoms with Crippen LogP contribution in [0.4, 0.5) is 18.4 Å². The topological polar surface area (TPSA) is 175 Å². The summed E-state index contributed by atoms with van der Waals surface area (Å²) in [7, 11) is 2.44. The Balaban J connectivity index is 1.19. The molecule has 4 amide bonds. The van der Waals surface area contributed by atoms with Gasteiger partial charge in [-0.15, -0.1) is 0 Å². The number of halogens is 2. The summed E-state index contributed by atoms with van der Waals surface area (Å²) in [5.41, 5.74) is 4.36. The van der Waals surface area contributed by atoms with Gasteiger partial charge in [-0.2, -0.15) is 8.78 Å². The number of imidazole rings is 2. The van der Waals surface area contributed by atoms with Crippen LogP contribution in [0.1, 0.15) is 49.5 Å². The molecule has 3 aromatic carbocycles. The minimum atomic E-state index is -3.28. The summed E-state index contributed by atoms with van der Waals surface area (Å²) in [6.45, 7) is 4.64. The number of hydrogen-bond acceptors (Lipinski definition) is 8. The van der Waals surface area contributed by atoms with Crippen molar-refractivity contribution < 1.29 is 37.4 Å². The van der Waals surface area contributed by atoms with Gasteiger partial charge in [-0.3, -0.25) is 9.59 Å². The van der Waals surface area contributed by atoms with Crippen LogP contribution < -0.4 is 10.6 Å². The van der Waals surface area contributed by atoms with Crippen LogP contribution in [0.25, 0.3) is 44.5 Å². The molecular formula is C39H42F2N8O6. The molecule has 4 N–H and O–H groups in total. The average molecular weight is 757 g/mol. The Hall–Kier alpha value is -6.32. The molecule has 16 heteroatoms. The maximum Gasteiger partial charge on any atom is 0.407 e. The first kappa shape index (κ1) is 38.4. The smallest absolute Gasteiger partial charge is 0.407 e. The van der Waals surface area contributed by atoms with E-state index in [1.807, 2.05) is 32.0 Å². The van der Waals surface area contributed by atoms with Crippen molar-refractivity contribution in [3.63, 3.8) is 0 Å². The van der Waals surface area contributed by atoms with Gasteiger partial charge < -0.3 is 39.9 Å². The molecule has 5 aromatic rings. The Kier molecular flexibility index (Phi) is 11.4. The second-order valence-corrected chi connectivity index (χ2v) is 13.1. The lowest BCUT2D eigenvalue weighted by molar-refractivity contribution is -0.131. The van der Waals surface area contributed by atoms with E-state index < -0.39 is 18.1 Å². The Labute approximate surface area is 315 Å². The zero-order valence-corrected chi connectivity index (χ0v) is 30.9. The van der Waals surface area contributed by atoms with Crippen molar-refractivity contribution >= 4 is 35.0 Å². The maximum absolute atomic E-state index is 16.3. The number of H-pyrrole nitrogens is 2. The summed E-state index contributed by atoms with van der Waals surface area (Å²) in [6, 6.07) is 15.4. The van der Waals surface area contributed by atoms with Crippen LogP contribution in [0.3, 0.4) is 0 Å². The second kappa shape index (κ2) is 16.4. The maximum atomic E-state index is 16.3. The molecule has 14 nitrogen and oxygen atoms in total. The molecular weight excluding hydrogens is 714 g/mol. The number of hydrogen-bond donors (Lipinski definition) is 4. The highest BCUT2D eigenvalue weighted by molar-refractivity contribution is 5.87. The summed E-state index contributed by atoms with van der Waals surface area (Å²) in [5, 5.41) is 4.79. The third kappa shape index (κ3) is 8.27. The molecule has 288 valence electrons. The van der Waals surface area contributed by atoms with Crippen LogP contribution in [0, 0.1) is 0 Å². The molecule has 0 fully saturated rings. The van der Waals surface area contributed by atoms with Crippen molar-refractivity contribution in [2.75, 3.05) is 40.4 Å². The Morgan fingerprint density at radius 3 is 1.84 bits per heavy atom. The second-order valence-electron chi connectivity index (χ2n) is 13.1. The number of rotatable bonds is 14. The quantitative estimate of drug-likeness (QED) is 0.108. The third-order valence-corrected chi connectivity index (χ3v) is 9.32. The molecule has 0 aliphatic heterocycles. The normalized spacial score (nSPS) is 12.5. The first-order chi connectivity index (χ1) is 26.4. The number of carbonyl (C=O) groups excluding carboxylic acids is 4. The summed E-state index contributed by atoms with van der Waals surface area (Å²) >= 11 is 0. The molecule has 0 bridgehead atoms. The highest BCUT2D eigenvalue weighted by atomic mass is 19.3. The van der Waals surface area contributed by atoms with Gasteiger partial charge in [-0.25, -0.2) is 19.6 Å². The van der Waals surface area contributed by atoms with Gasteiger partial charge in [-0.1, -0.05) is 44.2 Å². The van der Waals surface area contributed by atoms with E-state index in [2.05, 4.69) is 40.0 Å². The predicted octanol–water partition coefficient (Wildman–Crippen LogP) is 5.93. The summed E-state index contributed by atoms with van der Waals surface area (Å²) in [6.07, 6.45) is 1.53. The summed E-state index contributed by atoms with van der Waals surface area (Å²) in [5.74, 6) is -2.87. The molecule has 2 heterocycles. The first-order valence-electron chi connectivity index (χ1n) is 17.8. The number of alkyl halides is 2. The van der Waals surface area contributed by atoms with Crippen LogP contribution in [-0.4, -0.2) is 94.1 Å². The largest absolute Gasteiger partial charge is 0.453 e. The number of nitrogens with one attached hydrogen (secondary N) is 4. The van der Waals surface area contributed by atoms with E-state index in [4.69, 9.17) is 0 Å². The monoisotopic (exact) mass is 756 g/mol. The van der Waals surface area contributed by atoms with Gasteiger partial charge in [0.05, 0.1) is 50.2 Å². The van der Waals surface area contributed by atoms with E-state index in [1.165, 1.54) is 26.4 Å². The van der Waals surface area contributed by atoms with Crippen molar-refractivity contribution in [1.82, 2.24) is 40.4 Å². The number of fused-ring (bicyclic) bond motifs is 4. The van der Waals surface area contributed by atoms with Gasteiger partial charge in [-0.05, 0) is 59.4 Å². The first-order valence-corrected chi connectivity index (χ1v) is 17.8. The number of aromatic amines is 2. The number of alkyl carbamates (subject to hydrolysis) is 2. The van der Waals surface area contributed by atoms with E-state index in [0.717, 1.165) is 0 Å². The van der Waals surface area contributed by atoms with Gasteiger partial charge in [0.2, 0.25) is 11.8 Å². The highest BCUT2D eigenvalue weighted by Crippen LogP contribution is 2.52. The lowest BCUT2D eigenvalue weighted by atomic mass is 9.98. The Morgan fingerprint density at radius 2 is 1.25 bits per heavy atom. The molecule has 0 unspecified atom stereocenters. The van der Waals surface area contributed by atoms with E-state index in [1.54, 1.807) is 40.3 Å². The molecule has 6 rings (SSSR count). The molecule has 0 radical (unpaired) electrons. The third-order valence-electron chi connectivity index (χ3n) is 9.32. The molecule has 0 atom stereocenters. The predicted molar refractivity (Wildman–Crippen MR) is 200 cm³/mol. The van der Waals surface area contributed by atoms with Crippen molar-refractivity contribution in [2.24, 2.45) is 0 Å². The van der Waals surface area contributed by atoms with Gasteiger partial charge >= 0.3 is 12.2 Å².